The van der Waals surface area contributed by atoms with Gasteiger partial charge in [-0.1, -0.05) is 25.1 Å². The van der Waals surface area contributed by atoms with Crippen LogP contribution in [0.15, 0.2) is 30.3 Å². The van der Waals surface area contributed by atoms with E-state index in [9.17, 15) is 0 Å². The first-order valence-electron chi connectivity index (χ1n) is 5.27. The number of hydrogen-bond acceptors (Lipinski definition) is 2. The highest BCUT2D eigenvalue weighted by atomic mass is 35.5. The molecule has 84 valence electrons. The van der Waals surface area contributed by atoms with E-state index in [0.29, 0.717) is 18.4 Å². The number of nitrogens with one attached hydrogen (secondary N) is 1. The molecule has 0 aromatic heterocycles. The van der Waals surface area contributed by atoms with Crippen LogP contribution in [0.1, 0.15) is 6.92 Å². The van der Waals surface area contributed by atoms with Gasteiger partial charge in [-0.15, -0.1) is 11.6 Å². The summed E-state index contributed by atoms with van der Waals surface area (Å²) in [5.41, 5.74) is 0. The Balaban J connectivity index is 2.03. The van der Waals surface area contributed by atoms with Crippen LogP contribution < -0.4 is 10.1 Å². The van der Waals surface area contributed by atoms with Gasteiger partial charge in [-0.05, 0) is 24.6 Å². The predicted octanol–water partition coefficient (Wildman–Crippen LogP) is 2.53. The molecule has 1 unspecified atom stereocenters. The van der Waals surface area contributed by atoms with Gasteiger partial charge in [0, 0.05) is 12.4 Å². The Hall–Kier alpha value is -0.730. The Labute approximate surface area is 96.6 Å². The van der Waals surface area contributed by atoms with Gasteiger partial charge in [0.15, 0.2) is 0 Å². The SMILES string of the molecule is CC(CCl)CNCCOc1ccccc1. The lowest BCUT2D eigenvalue weighted by Gasteiger charge is -2.10. The van der Waals surface area contributed by atoms with Crippen molar-refractivity contribution in [2.24, 2.45) is 5.92 Å². The van der Waals surface area contributed by atoms with Crippen LogP contribution in [-0.4, -0.2) is 25.6 Å². The maximum atomic E-state index is 5.69. The standard InChI is InChI=1S/C12H18ClNO/c1-11(9-13)10-14-7-8-15-12-5-3-2-4-6-12/h2-6,11,14H,7-10H2,1H3. The summed E-state index contributed by atoms with van der Waals surface area (Å²) in [4.78, 5) is 0. The fourth-order valence-electron chi connectivity index (χ4n) is 1.16. The van der Waals surface area contributed by atoms with Crippen molar-refractivity contribution in [3.63, 3.8) is 0 Å². The monoisotopic (exact) mass is 227 g/mol. The van der Waals surface area contributed by atoms with Crippen molar-refractivity contribution in [2.45, 2.75) is 6.92 Å². The van der Waals surface area contributed by atoms with Gasteiger partial charge in [-0.25, -0.2) is 0 Å². The van der Waals surface area contributed by atoms with E-state index in [4.69, 9.17) is 16.3 Å². The molecular weight excluding hydrogens is 210 g/mol. The van der Waals surface area contributed by atoms with Gasteiger partial charge >= 0.3 is 0 Å². The third-order valence-electron chi connectivity index (χ3n) is 2.05. The molecule has 0 aliphatic rings. The lowest BCUT2D eigenvalue weighted by Crippen LogP contribution is -2.26. The molecule has 2 nitrogen and oxygen atoms in total. The van der Waals surface area contributed by atoms with E-state index in [1.165, 1.54) is 0 Å². The molecule has 1 atom stereocenters. The minimum absolute atomic E-state index is 0.517. The molecule has 0 saturated carbocycles. The highest BCUT2D eigenvalue weighted by molar-refractivity contribution is 6.18. The van der Waals surface area contributed by atoms with Crippen LogP contribution in [0, 0.1) is 5.92 Å². The average molecular weight is 228 g/mol. The molecule has 0 spiro atoms. The Morgan fingerprint density at radius 3 is 2.73 bits per heavy atom. The van der Waals surface area contributed by atoms with Crippen LogP contribution in [0.4, 0.5) is 0 Å². The largest absolute Gasteiger partial charge is 0.492 e. The van der Waals surface area contributed by atoms with E-state index in [0.717, 1.165) is 18.8 Å². The summed E-state index contributed by atoms with van der Waals surface area (Å²) in [7, 11) is 0. The van der Waals surface area contributed by atoms with E-state index in [-0.39, 0.29) is 0 Å². The van der Waals surface area contributed by atoms with Gasteiger partial charge < -0.3 is 10.1 Å². The summed E-state index contributed by atoms with van der Waals surface area (Å²) in [6.45, 7) is 4.62. The Kier molecular flexibility index (Phi) is 6.21. The van der Waals surface area contributed by atoms with Crippen LogP contribution in [0.2, 0.25) is 0 Å². The van der Waals surface area contributed by atoms with E-state index in [1.807, 2.05) is 30.3 Å². The number of halogens is 1. The van der Waals surface area contributed by atoms with Crippen LogP contribution in [0.5, 0.6) is 5.75 Å². The Bertz CT molecular complexity index is 253. The van der Waals surface area contributed by atoms with E-state index in [2.05, 4.69) is 12.2 Å². The van der Waals surface area contributed by atoms with Gasteiger partial charge in [-0.3, -0.25) is 0 Å². The van der Waals surface area contributed by atoms with Gasteiger partial charge in [0.2, 0.25) is 0 Å². The van der Waals surface area contributed by atoms with Gasteiger partial charge in [0.05, 0.1) is 0 Å². The van der Waals surface area contributed by atoms with Crippen molar-refractivity contribution in [3.8, 4) is 5.75 Å². The average Bonchev–Trinajstić information content (AvgIpc) is 2.29. The van der Waals surface area contributed by atoms with Gasteiger partial charge in [0.25, 0.3) is 0 Å². The fourth-order valence-corrected chi connectivity index (χ4v) is 1.27. The smallest absolute Gasteiger partial charge is 0.119 e. The number of para-hydroxylation sites is 1. The second-order valence-electron chi connectivity index (χ2n) is 3.63. The minimum Gasteiger partial charge on any atom is -0.492 e. The zero-order chi connectivity index (χ0) is 10.9. The topological polar surface area (TPSA) is 21.3 Å². The Morgan fingerprint density at radius 2 is 2.07 bits per heavy atom. The second kappa shape index (κ2) is 7.55. The maximum absolute atomic E-state index is 5.69. The highest BCUT2D eigenvalue weighted by Gasteiger charge is 1.98. The third-order valence-corrected chi connectivity index (χ3v) is 2.57. The van der Waals surface area contributed by atoms with Crippen molar-refractivity contribution in [3.05, 3.63) is 30.3 Å². The number of benzene rings is 1. The molecule has 0 fully saturated rings. The predicted molar refractivity (Wildman–Crippen MR) is 64.7 cm³/mol. The molecule has 0 amide bonds. The number of rotatable bonds is 7. The van der Waals surface area contributed by atoms with Crippen LogP contribution >= 0.6 is 11.6 Å². The lowest BCUT2D eigenvalue weighted by atomic mass is 10.2. The van der Waals surface area contributed by atoms with Crippen molar-refractivity contribution in [1.29, 1.82) is 0 Å². The summed E-state index contributed by atoms with van der Waals surface area (Å²) < 4.78 is 5.53. The molecule has 0 heterocycles. The zero-order valence-electron chi connectivity index (χ0n) is 9.08. The Morgan fingerprint density at radius 1 is 1.33 bits per heavy atom. The van der Waals surface area contributed by atoms with Crippen LogP contribution in [-0.2, 0) is 0 Å². The minimum atomic E-state index is 0.517. The summed E-state index contributed by atoms with van der Waals surface area (Å²) >= 11 is 5.69. The first kappa shape index (κ1) is 12.3. The molecule has 0 aliphatic carbocycles. The zero-order valence-corrected chi connectivity index (χ0v) is 9.83. The van der Waals surface area contributed by atoms with Crippen molar-refractivity contribution < 1.29 is 4.74 Å². The molecule has 1 N–H and O–H groups in total. The second-order valence-corrected chi connectivity index (χ2v) is 3.93. The molecule has 3 heteroatoms. The summed E-state index contributed by atoms with van der Waals surface area (Å²) in [5, 5.41) is 3.30. The molecule has 0 saturated heterocycles. The number of alkyl halides is 1. The first-order valence-corrected chi connectivity index (χ1v) is 5.81. The van der Waals surface area contributed by atoms with Crippen molar-refractivity contribution in [1.82, 2.24) is 5.32 Å². The maximum Gasteiger partial charge on any atom is 0.119 e. The molecule has 15 heavy (non-hydrogen) atoms. The summed E-state index contributed by atoms with van der Waals surface area (Å²) in [6, 6.07) is 9.84. The van der Waals surface area contributed by atoms with E-state index in [1.54, 1.807) is 0 Å². The summed E-state index contributed by atoms with van der Waals surface area (Å²) in [6.07, 6.45) is 0. The first-order chi connectivity index (χ1) is 7.33. The van der Waals surface area contributed by atoms with E-state index >= 15 is 0 Å². The van der Waals surface area contributed by atoms with Gasteiger partial charge in [-0.2, -0.15) is 0 Å². The van der Waals surface area contributed by atoms with Gasteiger partial charge in [0.1, 0.15) is 12.4 Å². The number of hydrogen-bond donors (Lipinski definition) is 1. The fraction of sp³-hybridized carbons (Fsp3) is 0.500. The van der Waals surface area contributed by atoms with Crippen molar-refractivity contribution in [2.75, 3.05) is 25.6 Å². The third kappa shape index (κ3) is 5.65. The lowest BCUT2D eigenvalue weighted by molar-refractivity contribution is 0.311. The number of ether oxygens (including phenoxy) is 1. The molecule has 0 bridgehead atoms. The molecule has 0 aliphatic heterocycles. The quantitative estimate of drug-likeness (QED) is 0.571. The van der Waals surface area contributed by atoms with Crippen molar-refractivity contribution >= 4 is 11.6 Å². The summed E-state index contributed by atoms with van der Waals surface area (Å²) in [5.74, 6) is 2.14. The molecule has 0 radical (unpaired) electrons. The van der Waals surface area contributed by atoms with Crippen LogP contribution in [0.25, 0.3) is 0 Å². The van der Waals surface area contributed by atoms with Crippen LogP contribution in [0.3, 0.4) is 0 Å². The molecule has 1 rings (SSSR count). The normalized spacial score (nSPS) is 12.4. The molecule has 1 aromatic rings. The van der Waals surface area contributed by atoms with E-state index < -0.39 is 0 Å². The molecular formula is C12H18ClNO. The highest BCUT2D eigenvalue weighted by Crippen LogP contribution is 2.07. The molecule has 1 aromatic carbocycles.